The molecule has 0 saturated heterocycles. The summed E-state index contributed by atoms with van der Waals surface area (Å²) in [5, 5.41) is 13.5. The van der Waals surface area contributed by atoms with Gasteiger partial charge in [0.15, 0.2) is 5.69 Å². The van der Waals surface area contributed by atoms with E-state index in [0.717, 1.165) is 0 Å². The van der Waals surface area contributed by atoms with Crippen LogP contribution in [0.3, 0.4) is 0 Å². The van der Waals surface area contributed by atoms with Gasteiger partial charge in [-0.2, -0.15) is 15.0 Å². The number of nitriles is 1. The van der Waals surface area contributed by atoms with E-state index < -0.39 is 5.97 Å². The molecule has 0 atom stereocenters. The van der Waals surface area contributed by atoms with Crippen LogP contribution in [-0.4, -0.2) is 28.3 Å². The van der Waals surface area contributed by atoms with Crippen molar-refractivity contribution < 1.29 is 14.3 Å². The minimum atomic E-state index is -0.569. The number of carbonyl (C=O) groups excluding carboxylic acids is 2. The van der Waals surface area contributed by atoms with Gasteiger partial charge in [-0.25, -0.2) is 4.79 Å². The third-order valence-corrected chi connectivity index (χ3v) is 3.51. The molecule has 118 valence electrons. The van der Waals surface area contributed by atoms with Gasteiger partial charge < -0.3 is 4.74 Å². The quantitative estimate of drug-likeness (QED) is 0.693. The lowest BCUT2D eigenvalue weighted by molar-refractivity contribution is 0.0521. The molecule has 0 bridgehead atoms. The lowest BCUT2D eigenvalue weighted by Gasteiger charge is -2.02. The number of esters is 1. The Kier molecular flexibility index (Phi) is 4.08. The average Bonchev–Trinajstić information content (AvgIpc) is 3.01. The zero-order valence-corrected chi connectivity index (χ0v) is 12.9. The maximum atomic E-state index is 12.7. The van der Waals surface area contributed by atoms with E-state index in [2.05, 4.69) is 5.10 Å². The third kappa shape index (κ3) is 2.63. The first-order chi connectivity index (χ1) is 11.7. The van der Waals surface area contributed by atoms with Crippen molar-refractivity contribution in [2.24, 2.45) is 0 Å². The van der Waals surface area contributed by atoms with Gasteiger partial charge in [0.1, 0.15) is 0 Å². The van der Waals surface area contributed by atoms with Crippen molar-refractivity contribution in [2.75, 3.05) is 6.61 Å². The maximum Gasteiger partial charge on any atom is 0.359 e. The van der Waals surface area contributed by atoms with Crippen molar-refractivity contribution in [3.05, 3.63) is 65.4 Å². The van der Waals surface area contributed by atoms with Crippen molar-refractivity contribution in [3.8, 4) is 6.07 Å². The molecule has 6 nitrogen and oxygen atoms in total. The van der Waals surface area contributed by atoms with E-state index >= 15 is 0 Å². The standard InChI is InChI=1S/C18H13N3O3/c1-2-24-18(23)16-14-5-3-4-6-15(14)21(20-16)17(22)13-9-7-12(11-19)8-10-13/h3-10H,2H2,1H3. The van der Waals surface area contributed by atoms with E-state index in [0.29, 0.717) is 22.0 Å². The summed E-state index contributed by atoms with van der Waals surface area (Å²) in [4.78, 5) is 24.8. The molecular formula is C18H13N3O3. The summed E-state index contributed by atoms with van der Waals surface area (Å²) in [7, 11) is 0. The Morgan fingerprint density at radius 3 is 2.54 bits per heavy atom. The van der Waals surface area contributed by atoms with Gasteiger partial charge >= 0.3 is 5.97 Å². The Morgan fingerprint density at radius 1 is 1.17 bits per heavy atom. The van der Waals surface area contributed by atoms with Gasteiger partial charge in [0, 0.05) is 10.9 Å². The molecule has 24 heavy (non-hydrogen) atoms. The predicted octanol–water partition coefficient (Wildman–Crippen LogP) is 2.77. The second-order valence-corrected chi connectivity index (χ2v) is 4.99. The Labute approximate surface area is 137 Å². The van der Waals surface area contributed by atoms with Gasteiger partial charge in [0.2, 0.25) is 0 Å². The Hall–Kier alpha value is -3.46. The van der Waals surface area contributed by atoms with Crippen molar-refractivity contribution in [2.45, 2.75) is 6.92 Å². The van der Waals surface area contributed by atoms with Crippen LogP contribution >= 0.6 is 0 Å². The summed E-state index contributed by atoms with van der Waals surface area (Å²) in [6.07, 6.45) is 0. The highest BCUT2D eigenvalue weighted by molar-refractivity contribution is 6.07. The number of hydrogen-bond acceptors (Lipinski definition) is 5. The predicted molar refractivity (Wildman–Crippen MR) is 86.6 cm³/mol. The highest BCUT2D eigenvalue weighted by atomic mass is 16.5. The molecule has 0 amide bonds. The lowest BCUT2D eigenvalue weighted by Crippen LogP contribution is -2.15. The molecule has 1 heterocycles. The molecule has 1 aromatic heterocycles. The summed E-state index contributed by atoms with van der Waals surface area (Å²) in [5.74, 6) is -0.952. The molecule has 0 radical (unpaired) electrons. The topological polar surface area (TPSA) is 85.0 Å². The van der Waals surface area contributed by atoms with Crippen LogP contribution < -0.4 is 0 Å². The zero-order valence-electron chi connectivity index (χ0n) is 12.9. The van der Waals surface area contributed by atoms with Gasteiger partial charge in [-0.15, -0.1) is 0 Å². The zero-order chi connectivity index (χ0) is 17.1. The lowest BCUT2D eigenvalue weighted by atomic mass is 10.1. The average molecular weight is 319 g/mol. The molecule has 0 saturated carbocycles. The molecule has 6 heteroatoms. The number of hydrogen-bond donors (Lipinski definition) is 0. The minimum absolute atomic E-state index is 0.106. The maximum absolute atomic E-state index is 12.7. The molecule has 0 fully saturated rings. The molecule has 2 aromatic carbocycles. The van der Waals surface area contributed by atoms with Crippen molar-refractivity contribution in [1.82, 2.24) is 9.78 Å². The summed E-state index contributed by atoms with van der Waals surface area (Å²) >= 11 is 0. The number of nitrogens with zero attached hydrogens (tertiary/aromatic N) is 3. The fourth-order valence-corrected chi connectivity index (χ4v) is 2.38. The van der Waals surface area contributed by atoms with E-state index in [9.17, 15) is 9.59 Å². The van der Waals surface area contributed by atoms with E-state index in [1.165, 1.54) is 4.68 Å². The number of aromatic nitrogens is 2. The summed E-state index contributed by atoms with van der Waals surface area (Å²) in [6, 6.07) is 15.2. The Bertz CT molecular complexity index is 965. The van der Waals surface area contributed by atoms with Crippen LogP contribution in [0.1, 0.15) is 33.3 Å². The van der Waals surface area contributed by atoms with Gasteiger partial charge in [-0.1, -0.05) is 18.2 Å². The fourth-order valence-electron chi connectivity index (χ4n) is 2.38. The van der Waals surface area contributed by atoms with Gasteiger partial charge in [-0.05, 0) is 37.3 Å². The van der Waals surface area contributed by atoms with E-state index in [1.54, 1.807) is 55.5 Å². The Morgan fingerprint density at radius 2 is 1.88 bits per heavy atom. The minimum Gasteiger partial charge on any atom is -0.461 e. The van der Waals surface area contributed by atoms with Crippen LogP contribution in [0.5, 0.6) is 0 Å². The largest absolute Gasteiger partial charge is 0.461 e. The molecule has 0 spiro atoms. The third-order valence-electron chi connectivity index (χ3n) is 3.51. The first-order valence-corrected chi connectivity index (χ1v) is 7.35. The summed E-state index contributed by atoms with van der Waals surface area (Å²) < 4.78 is 6.19. The van der Waals surface area contributed by atoms with Crippen molar-refractivity contribution in [3.63, 3.8) is 0 Å². The van der Waals surface area contributed by atoms with E-state index in [4.69, 9.17) is 10.00 Å². The molecule has 0 unspecified atom stereocenters. The number of rotatable bonds is 3. The van der Waals surface area contributed by atoms with Crippen LogP contribution in [-0.2, 0) is 4.74 Å². The molecule has 0 aliphatic rings. The highest BCUT2D eigenvalue weighted by Crippen LogP contribution is 2.20. The van der Waals surface area contributed by atoms with Crippen LogP contribution in [0.2, 0.25) is 0 Å². The number of ether oxygens (including phenoxy) is 1. The van der Waals surface area contributed by atoms with Crippen LogP contribution in [0, 0.1) is 11.3 Å². The number of fused-ring (bicyclic) bond motifs is 1. The van der Waals surface area contributed by atoms with Gasteiger partial charge in [-0.3, -0.25) is 4.79 Å². The Balaban J connectivity index is 2.10. The highest BCUT2D eigenvalue weighted by Gasteiger charge is 2.21. The second kappa shape index (κ2) is 6.34. The molecule has 0 aliphatic carbocycles. The molecule has 3 rings (SSSR count). The van der Waals surface area contributed by atoms with Gasteiger partial charge in [0.25, 0.3) is 5.91 Å². The van der Waals surface area contributed by atoms with Crippen molar-refractivity contribution in [1.29, 1.82) is 5.26 Å². The first-order valence-electron chi connectivity index (χ1n) is 7.35. The smallest absolute Gasteiger partial charge is 0.359 e. The van der Waals surface area contributed by atoms with Crippen LogP contribution in [0.15, 0.2) is 48.5 Å². The molecule has 3 aromatic rings. The van der Waals surface area contributed by atoms with E-state index in [1.807, 2.05) is 6.07 Å². The first kappa shape index (κ1) is 15.4. The molecular weight excluding hydrogens is 306 g/mol. The van der Waals surface area contributed by atoms with Gasteiger partial charge in [0.05, 0.1) is 23.8 Å². The van der Waals surface area contributed by atoms with Crippen LogP contribution in [0.25, 0.3) is 10.9 Å². The van der Waals surface area contributed by atoms with Crippen molar-refractivity contribution >= 4 is 22.8 Å². The molecule has 0 aliphatic heterocycles. The number of para-hydroxylation sites is 1. The van der Waals surface area contributed by atoms with E-state index in [-0.39, 0.29) is 18.2 Å². The fraction of sp³-hybridized carbons (Fsp3) is 0.111. The normalized spacial score (nSPS) is 10.3. The monoisotopic (exact) mass is 319 g/mol. The second-order valence-electron chi connectivity index (χ2n) is 4.99. The SMILES string of the molecule is CCOC(=O)c1nn(C(=O)c2ccc(C#N)cc2)c2ccccc12. The number of carbonyl (C=O) groups is 2. The summed E-state index contributed by atoms with van der Waals surface area (Å²) in [6.45, 7) is 1.93. The van der Waals surface area contributed by atoms with Crippen LogP contribution in [0.4, 0.5) is 0 Å². The summed E-state index contributed by atoms with van der Waals surface area (Å²) in [5.41, 5.74) is 1.46. The molecule has 0 N–H and O–H groups in total. The number of benzene rings is 2.